The molecule has 0 atom stereocenters. The molecule has 0 spiro atoms. The minimum absolute atomic E-state index is 0.291. The van der Waals surface area contributed by atoms with Crippen LogP contribution in [0.25, 0.3) is 0 Å². The molecule has 2 amide bonds. The van der Waals surface area contributed by atoms with Gasteiger partial charge in [0.1, 0.15) is 6.54 Å². The molecule has 2 rings (SSSR count). The molecule has 0 aromatic heterocycles. The first-order valence-electron chi connectivity index (χ1n) is 7.93. The van der Waals surface area contributed by atoms with E-state index in [1.165, 1.54) is 0 Å². The van der Waals surface area contributed by atoms with Gasteiger partial charge in [0.15, 0.2) is 6.61 Å². The van der Waals surface area contributed by atoms with Crippen LogP contribution in [0.3, 0.4) is 0 Å². The smallest absolute Gasteiger partial charge is 0.325 e. The Kier molecular flexibility index (Phi) is 7.76. The minimum Gasteiger partial charge on any atom is -0.454 e. The Morgan fingerprint density at radius 3 is 2.44 bits per heavy atom. The Morgan fingerprint density at radius 2 is 1.78 bits per heavy atom. The molecule has 2 aromatic rings. The number of hydrogen-bond acceptors (Lipinski definition) is 5. The molecule has 2 N–H and O–H groups in total. The molecule has 0 fully saturated rings. The summed E-state index contributed by atoms with van der Waals surface area (Å²) in [4.78, 5) is 35.5. The maximum Gasteiger partial charge on any atom is 0.325 e. The highest BCUT2D eigenvalue weighted by Crippen LogP contribution is 2.11. The number of hydrogen-bond donors (Lipinski definition) is 2. The van der Waals surface area contributed by atoms with Crippen molar-refractivity contribution in [2.24, 2.45) is 0 Å². The van der Waals surface area contributed by atoms with Gasteiger partial charge in [0, 0.05) is 9.26 Å². The van der Waals surface area contributed by atoms with Crippen molar-refractivity contribution in [3.8, 4) is 6.07 Å². The Hall–Kier alpha value is -2.93. The van der Waals surface area contributed by atoms with Gasteiger partial charge in [-0.05, 0) is 52.4 Å². The van der Waals surface area contributed by atoms with Gasteiger partial charge in [0.25, 0.3) is 11.8 Å². The van der Waals surface area contributed by atoms with Gasteiger partial charge in [0.2, 0.25) is 0 Å². The molecule has 0 unspecified atom stereocenters. The van der Waals surface area contributed by atoms with E-state index in [0.717, 1.165) is 9.13 Å². The third kappa shape index (κ3) is 6.71. The molecule has 0 heterocycles. The number of benzene rings is 2. The number of carbonyl (C=O) groups is 3. The van der Waals surface area contributed by atoms with Gasteiger partial charge >= 0.3 is 5.97 Å². The van der Waals surface area contributed by atoms with E-state index in [9.17, 15) is 14.4 Å². The van der Waals surface area contributed by atoms with Gasteiger partial charge in [-0.2, -0.15) is 5.26 Å². The Bertz CT molecular complexity index is 875. The van der Waals surface area contributed by atoms with Crippen molar-refractivity contribution in [3.63, 3.8) is 0 Å². The molecule has 0 saturated heterocycles. The predicted molar refractivity (Wildman–Crippen MR) is 107 cm³/mol. The van der Waals surface area contributed by atoms with Crippen molar-refractivity contribution in [1.82, 2.24) is 5.32 Å². The van der Waals surface area contributed by atoms with E-state index in [-0.39, 0.29) is 12.5 Å². The molecule has 0 saturated carbocycles. The number of carbonyl (C=O) groups excluding carboxylic acids is 3. The summed E-state index contributed by atoms with van der Waals surface area (Å²) in [5, 5.41) is 13.7. The van der Waals surface area contributed by atoms with Crippen molar-refractivity contribution in [2.45, 2.75) is 6.42 Å². The van der Waals surface area contributed by atoms with Crippen LogP contribution < -0.4 is 10.6 Å². The molecule has 0 aliphatic rings. The van der Waals surface area contributed by atoms with Gasteiger partial charge in [0.05, 0.1) is 18.1 Å². The summed E-state index contributed by atoms with van der Waals surface area (Å²) in [6.45, 7) is -0.794. The fraction of sp³-hybridized carbons (Fsp3) is 0.158. The van der Waals surface area contributed by atoms with Gasteiger partial charge < -0.3 is 15.4 Å². The topological polar surface area (TPSA) is 108 Å². The van der Waals surface area contributed by atoms with Crippen molar-refractivity contribution >= 4 is 46.1 Å². The maximum atomic E-state index is 12.0. The summed E-state index contributed by atoms with van der Waals surface area (Å²) in [5.41, 5.74) is 1.83. The number of nitrogens with zero attached hydrogens (tertiary/aromatic N) is 1. The Morgan fingerprint density at radius 1 is 1.07 bits per heavy atom. The fourth-order valence-electron chi connectivity index (χ4n) is 2.08. The molecular weight excluding hydrogens is 461 g/mol. The third-order valence-electron chi connectivity index (χ3n) is 3.40. The standard InChI is InChI=1S/C19H16IN3O4/c20-16-4-2-1-3-15(16)19(26)22-11-18(25)27-12-17(24)23-14-7-5-13(6-8-14)9-10-21/h1-8H,9,11-12H2,(H,22,26)(H,23,24). The molecule has 7 nitrogen and oxygen atoms in total. The molecule has 138 valence electrons. The predicted octanol–water partition coefficient (Wildman–Crippen LogP) is 2.27. The fourth-order valence-corrected chi connectivity index (χ4v) is 2.72. The number of rotatable bonds is 7. The lowest BCUT2D eigenvalue weighted by atomic mass is 10.1. The van der Waals surface area contributed by atoms with Crippen LogP contribution in [-0.4, -0.2) is 30.9 Å². The summed E-state index contributed by atoms with van der Waals surface area (Å²) < 4.78 is 5.61. The van der Waals surface area contributed by atoms with Crippen LogP contribution in [0.5, 0.6) is 0 Å². The van der Waals surface area contributed by atoms with Crippen molar-refractivity contribution in [2.75, 3.05) is 18.5 Å². The van der Waals surface area contributed by atoms with Gasteiger partial charge in [-0.3, -0.25) is 14.4 Å². The second-order valence-corrected chi connectivity index (χ2v) is 6.57. The summed E-state index contributed by atoms with van der Waals surface area (Å²) in [7, 11) is 0. The molecule has 27 heavy (non-hydrogen) atoms. The number of esters is 1. The van der Waals surface area contributed by atoms with Gasteiger partial charge in [-0.1, -0.05) is 24.3 Å². The number of anilines is 1. The number of nitriles is 1. The summed E-state index contributed by atoms with van der Waals surface area (Å²) in [6, 6.07) is 15.8. The van der Waals surface area contributed by atoms with E-state index in [2.05, 4.69) is 10.6 Å². The first-order chi connectivity index (χ1) is 13.0. The van der Waals surface area contributed by atoms with Gasteiger partial charge in [-0.25, -0.2) is 0 Å². The van der Waals surface area contributed by atoms with Crippen LogP contribution in [0.15, 0.2) is 48.5 Å². The molecule has 8 heteroatoms. The maximum absolute atomic E-state index is 12.0. The minimum atomic E-state index is -0.714. The van der Waals surface area contributed by atoms with E-state index in [4.69, 9.17) is 10.00 Å². The molecule has 0 aliphatic carbocycles. The van der Waals surface area contributed by atoms with Crippen LogP contribution in [0, 0.1) is 14.9 Å². The number of halogens is 1. The van der Waals surface area contributed by atoms with Crippen molar-refractivity contribution in [3.05, 3.63) is 63.2 Å². The Labute approximate surface area is 169 Å². The SMILES string of the molecule is N#CCc1ccc(NC(=O)COC(=O)CNC(=O)c2ccccc2I)cc1. The lowest BCUT2D eigenvalue weighted by molar-refractivity contribution is -0.146. The summed E-state index contributed by atoms with van der Waals surface area (Å²) in [5.74, 6) is -1.60. The van der Waals surface area contributed by atoms with E-state index in [0.29, 0.717) is 17.7 Å². The average molecular weight is 477 g/mol. The van der Waals surface area contributed by atoms with Crippen molar-refractivity contribution < 1.29 is 19.1 Å². The van der Waals surface area contributed by atoms with E-state index < -0.39 is 18.5 Å². The zero-order chi connectivity index (χ0) is 19.6. The summed E-state index contributed by atoms with van der Waals surface area (Å²) >= 11 is 2.03. The zero-order valence-corrected chi connectivity index (χ0v) is 16.4. The zero-order valence-electron chi connectivity index (χ0n) is 14.2. The highest BCUT2D eigenvalue weighted by atomic mass is 127. The normalized spacial score (nSPS) is 9.78. The lowest BCUT2D eigenvalue weighted by Crippen LogP contribution is -2.32. The monoisotopic (exact) mass is 477 g/mol. The number of ether oxygens (including phenoxy) is 1. The summed E-state index contributed by atoms with van der Waals surface area (Å²) in [6.07, 6.45) is 0.291. The second kappa shape index (κ2) is 10.3. The van der Waals surface area contributed by atoms with Crippen LogP contribution in [0.4, 0.5) is 5.69 Å². The van der Waals surface area contributed by atoms with E-state index >= 15 is 0 Å². The van der Waals surface area contributed by atoms with Crippen molar-refractivity contribution in [1.29, 1.82) is 5.26 Å². The Balaban J connectivity index is 1.73. The molecule has 0 radical (unpaired) electrons. The van der Waals surface area contributed by atoms with Gasteiger partial charge in [-0.15, -0.1) is 0 Å². The molecule has 0 bridgehead atoms. The van der Waals surface area contributed by atoms with Crippen LogP contribution >= 0.6 is 22.6 Å². The first kappa shape index (κ1) is 20.4. The first-order valence-corrected chi connectivity index (χ1v) is 9.01. The van der Waals surface area contributed by atoms with E-state index in [1.54, 1.807) is 42.5 Å². The number of amides is 2. The average Bonchev–Trinajstić information content (AvgIpc) is 2.66. The quantitative estimate of drug-likeness (QED) is 0.470. The second-order valence-electron chi connectivity index (χ2n) is 5.40. The highest BCUT2D eigenvalue weighted by molar-refractivity contribution is 14.1. The van der Waals surface area contributed by atoms with Crippen LogP contribution in [0.1, 0.15) is 15.9 Å². The molecule has 0 aliphatic heterocycles. The lowest BCUT2D eigenvalue weighted by Gasteiger charge is -2.08. The van der Waals surface area contributed by atoms with Crippen LogP contribution in [-0.2, 0) is 20.7 Å². The number of nitrogens with one attached hydrogen (secondary N) is 2. The largest absolute Gasteiger partial charge is 0.454 e. The molecule has 2 aromatic carbocycles. The van der Waals surface area contributed by atoms with Crippen LogP contribution in [0.2, 0.25) is 0 Å². The third-order valence-corrected chi connectivity index (χ3v) is 4.34. The molecular formula is C19H16IN3O4. The highest BCUT2D eigenvalue weighted by Gasteiger charge is 2.12. The van der Waals surface area contributed by atoms with E-state index in [1.807, 2.05) is 34.7 Å².